The molecule has 2 aliphatic rings. The van der Waals surface area contributed by atoms with E-state index in [2.05, 4.69) is 16.0 Å². The number of hydrogen-bond acceptors (Lipinski definition) is 5. The van der Waals surface area contributed by atoms with Gasteiger partial charge in [0, 0.05) is 12.1 Å². The lowest BCUT2D eigenvalue weighted by Crippen LogP contribution is -2.23. The van der Waals surface area contributed by atoms with E-state index < -0.39 is 0 Å². The minimum absolute atomic E-state index is 0.212. The fraction of sp³-hybridized carbons (Fsp3) is 0.0909. The summed E-state index contributed by atoms with van der Waals surface area (Å²) < 4.78 is 10.7. The molecule has 7 heteroatoms. The van der Waals surface area contributed by atoms with E-state index in [9.17, 15) is 9.59 Å². The van der Waals surface area contributed by atoms with Crippen LogP contribution in [0.5, 0.6) is 11.5 Å². The number of ether oxygens (including phenoxy) is 2. The molecule has 0 unspecified atom stereocenters. The standard InChI is InChI=1S/C22H17N3O4/c26-21(23-11-13-5-8-19-20(9-13)29-12-28-19)14-6-7-17-18(10-14)25-22(27)15-3-1-2-4-16(15)24-17/h1-10,24H,11-12H2,(H,23,26)(H,25,27). The molecule has 7 nitrogen and oxygen atoms in total. The van der Waals surface area contributed by atoms with Gasteiger partial charge in [0.2, 0.25) is 6.79 Å². The maximum absolute atomic E-state index is 12.6. The highest BCUT2D eigenvalue weighted by atomic mass is 16.7. The van der Waals surface area contributed by atoms with Crippen molar-refractivity contribution in [3.05, 3.63) is 77.4 Å². The number of nitrogens with one attached hydrogen (secondary N) is 3. The zero-order valence-corrected chi connectivity index (χ0v) is 15.3. The summed E-state index contributed by atoms with van der Waals surface area (Å²) in [5.41, 5.74) is 3.93. The molecule has 0 saturated carbocycles. The van der Waals surface area contributed by atoms with Gasteiger partial charge in [-0.1, -0.05) is 18.2 Å². The van der Waals surface area contributed by atoms with Crippen molar-refractivity contribution in [1.82, 2.24) is 5.32 Å². The van der Waals surface area contributed by atoms with Crippen molar-refractivity contribution in [3.8, 4) is 11.5 Å². The predicted molar refractivity (Wildman–Crippen MR) is 108 cm³/mol. The van der Waals surface area contributed by atoms with Crippen LogP contribution in [0.3, 0.4) is 0 Å². The molecule has 0 aromatic heterocycles. The van der Waals surface area contributed by atoms with Crippen molar-refractivity contribution >= 4 is 28.9 Å². The van der Waals surface area contributed by atoms with Gasteiger partial charge in [0.15, 0.2) is 11.5 Å². The summed E-state index contributed by atoms with van der Waals surface area (Å²) in [5.74, 6) is 0.927. The summed E-state index contributed by atoms with van der Waals surface area (Å²) in [6, 6.07) is 18.0. The van der Waals surface area contributed by atoms with Crippen LogP contribution in [0.4, 0.5) is 17.1 Å². The molecule has 0 aliphatic carbocycles. The van der Waals surface area contributed by atoms with Crippen molar-refractivity contribution < 1.29 is 19.1 Å². The fourth-order valence-corrected chi connectivity index (χ4v) is 3.36. The molecule has 2 heterocycles. The Balaban J connectivity index is 1.33. The van der Waals surface area contributed by atoms with Gasteiger partial charge < -0.3 is 25.4 Å². The molecule has 0 saturated heterocycles. The van der Waals surface area contributed by atoms with Crippen LogP contribution in [0.1, 0.15) is 26.3 Å². The lowest BCUT2D eigenvalue weighted by molar-refractivity contribution is 0.0949. The number of benzene rings is 3. The van der Waals surface area contributed by atoms with Crippen molar-refractivity contribution in [2.45, 2.75) is 6.54 Å². The smallest absolute Gasteiger partial charge is 0.257 e. The molecular formula is C22H17N3O4. The van der Waals surface area contributed by atoms with Crippen LogP contribution in [-0.4, -0.2) is 18.6 Å². The normalized spacial score (nSPS) is 13.4. The maximum atomic E-state index is 12.6. The average molecular weight is 387 g/mol. The van der Waals surface area contributed by atoms with Crippen molar-refractivity contribution in [2.75, 3.05) is 17.4 Å². The highest BCUT2D eigenvalue weighted by Crippen LogP contribution is 2.33. The SMILES string of the molecule is O=C(NCc1ccc2c(c1)OCO2)c1ccc2c(c1)NC(=O)c1ccccc1N2. The summed E-state index contributed by atoms with van der Waals surface area (Å²) in [4.78, 5) is 25.1. The van der Waals surface area contributed by atoms with Crippen LogP contribution in [0, 0.1) is 0 Å². The van der Waals surface area contributed by atoms with E-state index in [-0.39, 0.29) is 18.6 Å². The predicted octanol–water partition coefficient (Wildman–Crippen LogP) is 3.65. The van der Waals surface area contributed by atoms with Crippen molar-refractivity contribution in [1.29, 1.82) is 0 Å². The van der Waals surface area contributed by atoms with Gasteiger partial charge >= 0.3 is 0 Å². The quantitative estimate of drug-likeness (QED) is 0.638. The molecule has 3 aromatic carbocycles. The molecule has 0 bridgehead atoms. The minimum Gasteiger partial charge on any atom is -0.454 e. The lowest BCUT2D eigenvalue weighted by Gasteiger charge is -2.11. The largest absolute Gasteiger partial charge is 0.454 e. The van der Waals surface area contributed by atoms with Gasteiger partial charge in [-0.15, -0.1) is 0 Å². The Morgan fingerprint density at radius 2 is 1.76 bits per heavy atom. The Hall–Kier alpha value is -4.00. The summed E-state index contributed by atoms with van der Waals surface area (Å²) in [6.45, 7) is 0.562. The molecule has 0 spiro atoms. The zero-order chi connectivity index (χ0) is 19.8. The summed E-state index contributed by atoms with van der Waals surface area (Å²) in [7, 11) is 0. The number of anilines is 3. The first-order valence-electron chi connectivity index (χ1n) is 9.15. The molecule has 2 aliphatic heterocycles. The first-order valence-corrected chi connectivity index (χ1v) is 9.15. The van der Waals surface area contributed by atoms with Gasteiger partial charge in [-0.2, -0.15) is 0 Å². The van der Waals surface area contributed by atoms with E-state index in [4.69, 9.17) is 9.47 Å². The van der Waals surface area contributed by atoms with Crippen molar-refractivity contribution in [3.63, 3.8) is 0 Å². The lowest BCUT2D eigenvalue weighted by atomic mass is 10.1. The minimum atomic E-state index is -0.235. The van der Waals surface area contributed by atoms with E-state index in [1.165, 1.54) is 0 Å². The maximum Gasteiger partial charge on any atom is 0.257 e. The second-order valence-electron chi connectivity index (χ2n) is 6.76. The first kappa shape index (κ1) is 17.1. The van der Waals surface area contributed by atoms with E-state index in [1.54, 1.807) is 24.3 Å². The van der Waals surface area contributed by atoms with Gasteiger partial charge in [0.1, 0.15) is 0 Å². The third-order valence-electron chi connectivity index (χ3n) is 4.86. The molecule has 2 amide bonds. The third kappa shape index (κ3) is 3.23. The van der Waals surface area contributed by atoms with Crippen LogP contribution >= 0.6 is 0 Å². The molecule has 5 rings (SSSR count). The summed E-state index contributed by atoms with van der Waals surface area (Å²) in [6.07, 6.45) is 0. The highest BCUT2D eigenvalue weighted by molar-refractivity contribution is 6.12. The van der Waals surface area contributed by atoms with E-state index in [0.29, 0.717) is 34.9 Å². The van der Waals surface area contributed by atoms with Crippen LogP contribution in [0.25, 0.3) is 0 Å². The number of hydrogen-bond donors (Lipinski definition) is 3. The average Bonchev–Trinajstić information content (AvgIpc) is 3.15. The van der Waals surface area contributed by atoms with Crippen LogP contribution in [0.15, 0.2) is 60.7 Å². The Labute approximate surface area is 166 Å². The Bertz CT molecular complexity index is 1140. The van der Waals surface area contributed by atoms with E-state index >= 15 is 0 Å². The molecule has 29 heavy (non-hydrogen) atoms. The van der Waals surface area contributed by atoms with Gasteiger partial charge in [0.05, 0.1) is 22.6 Å². The molecule has 3 N–H and O–H groups in total. The monoisotopic (exact) mass is 387 g/mol. The van der Waals surface area contributed by atoms with Crippen LogP contribution in [0.2, 0.25) is 0 Å². The Kier molecular flexibility index (Phi) is 4.05. The van der Waals surface area contributed by atoms with Crippen LogP contribution in [-0.2, 0) is 6.54 Å². The number of amides is 2. The molecule has 144 valence electrons. The van der Waals surface area contributed by atoms with Crippen molar-refractivity contribution in [2.24, 2.45) is 0 Å². The first-order chi connectivity index (χ1) is 14.2. The fourth-order valence-electron chi connectivity index (χ4n) is 3.36. The molecule has 3 aromatic rings. The molecule has 0 fully saturated rings. The Morgan fingerprint density at radius 3 is 2.69 bits per heavy atom. The second kappa shape index (κ2) is 6.87. The van der Waals surface area contributed by atoms with Crippen LogP contribution < -0.4 is 25.4 Å². The zero-order valence-electron chi connectivity index (χ0n) is 15.3. The van der Waals surface area contributed by atoms with Gasteiger partial charge in [-0.05, 0) is 48.0 Å². The third-order valence-corrected chi connectivity index (χ3v) is 4.86. The van der Waals surface area contributed by atoms with Gasteiger partial charge in [0.25, 0.3) is 11.8 Å². The number of fused-ring (bicyclic) bond motifs is 3. The van der Waals surface area contributed by atoms with Gasteiger partial charge in [-0.25, -0.2) is 0 Å². The number of rotatable bonds is 3. The summed E-state index contributed by atoms with van der Waals surface area (Å²) in [5, 5.41) is 8.99. The molecular weight excluding hydrogens is 370 g/mol. The second-order valence-corrected chi connectivity index (χ2v) is 6.76. The topological polar surface area (TPSA) is 88.7 Å². The molecule has 0 atom stereocenters. The summed E-state index contributed by atoms with van der Waals surface area (Å²) >= 11 is 0. The highest BCUT2D eigenvalue weighted by Gasteiger charge is 2.20. The van der Waals surface area contributed by atoms with E-state index in [1.807, 2.05) is 36.4 Å². The Morgan fingerprint density at radius 1 is 0.897 bits per heavy atom. The molecule has 0 radical (unpaired) electrons. The van der Waals surface area contributed by atoms with E-state index in [0.717, 1.165) is 16.9 Å². The number of carbonyl (C=O) groups is 2. The number of carbonyl (C=O) groups excluding carboxylic acids is 2. The van der Waals surface area contributed by atoms with Gasteiger partial charge in [-0.3, -0.25) is 9.59 Å². The number of para-hydroxylation sites is 1.